The molecule has 1 aliphatic carbocycles. The van der Waals surface area contributed by atoms with Gasteiger partial charge >= 0.3 is 0 Å². The molecule has 15 heavy (non-hydrogen) atoms. The minimum absolute atomic E-state index is 0.0684. The first-order chi connectivity index (χ1) is 7.29. The number of hydrogen-bond donors (Lipinski definition) is 2. The molecule has 0 heterocycles. The number of aliphatic hydroxyl groups is 1. The van der Waals surface area contributed by atoms with Crippen LogP contribution < -0.4 is 5.73 Å². The highest BCUT2D eigenvalue weighted by Gasteiger charge is 2.11. The molecule has 0 bridgehead atoms. The molecule has 1 aliphatic rings. The first kappa shape index (κ1) is 10.4. The molecular weight excluding hydrogens is 186 g/mol. The molecule has 2 rings (SSSR count). The van der Waals surface area contributed by atoms with Crippen molar-refractivity contribution in [2.45, 2.75) is 25.3 Å². The van der Waals surface area contributed by atoms with Gasteiger partial charge in [0.2, 0.25) is 0 Å². The van der Waals surface area contributed by atoms with Gasteiger partial charge in [0.05, 0.1) is 6.61 Å². The number of nitrogens with two attached hydrogens (primary N) is 1. The van der Waals surface area contributed by atoms with Gasteiger partial charge in [0.15, 0.2) is 0 Å². The highest BCUT2D eigenvalue weighted by Crippen LogP contribution is 2.25. The van der Waals surface area contributed by atoms with Crippen molar-refractivity contribution in [2.75, 3.05) is 6.61 Å². The summed E-state index contributed by atoms with van der Waals surface area (Å²) in [5, 5.41) is 8.91. The summed E-state index contributed by atoms with van der Waals surface area (Å²) in [4.78, 5) is 0. The lowest BCUT2D eigenvalue weighted by Gasteiger charge is -2.18. The second kappa shape index (κ2) is 4.60. The molecule has 1 aromatic carbocycles. The first-order valence-corrected chi connectivity index (χ1v) is 5.43. The van der Waals surface area contributed by atoms with E-state index in [0.29, 0.717) is 0 Å². The first-order valence-electron chi connectivity index (χ1n) is 5.43. The topological polar surface area (TPSA) is 46.2 Å². The van der Waals surface area contributed by atoms with Crippen molar-refractivity contribution < 1.29 is 5.11 Å². The molecule has 0 radical (unpaired) electrons. The molecule has 3 N–H and O–H groups in total. The van der Waals surface area contributed by atoms with Crippen LogP contribution in [0.15, 0.2) is 29.8 Å². The molecular formula is C13H17NO. The average molecular weight is 203 g/mol. The monoisotopic (exact) mass is 203 g/mol. The van der Waals surface area contributed by atoms with Gasteiger partial charge in [0, 0.05) is 6.04 Å². The van der Waals surface area contributed by atoms with E-state index in [1.807, 2.05) is 0 Å². The number of fused-ring (bicyclic) bond motifs is 1. The van der Waals surface area contributed by atoms with E-state index >= 15 is 0 Å². The smallest absolute Gasteiger partial charge is 0.0585 e. The van der Waals surface area contributed by atoms with Crippen LogP contribution in [0.2, 0.25) is 0 Å². The second-order valence-electron chi connectivity index (χ2n) is 4.15. The number of benzene rings is 1. The largest absolute Gasteiger partial charge is 0.395 e. The zero-order valence-corrected chi connectivity index (χ0v) is 8.82. The summed E-state index contributed by atoms with van der Waals surface area (Å²) in [6.07, 6.45) is 5.20. The standard InChI is InChI=1S/C13H17NO/c14-13(9-15)8-10-5-6-11-3-1-2-4-12(11)7-10/h1-4,7,13,15H,5-6,8-9,14H2. The van der Waals surface area contributed by atoms with Crippen molar-refractivity contribution in [1.29, 1.82) is 0 Å². The van der Waals surface area contributed by atoms with E-state index in [9.17, 15) is 0 Å². The Hall–Kier alpha value is -1.12. The SMILES string of the molecule is NC(CO)CC1=Cc2ccccc2CC1. The van der Waals surface area contributed by atoms with Crippen molar-refractivity contribution >= 4 is 6.08 Å². The van der Waals surface area contributed by atoms with Crippen LogP contribution in [0.5, 0.6) is 0 Å². The lowest BCUT2D eigenvalue weighted by atomic mass is 9.89. The van der Waals surface area contributed by atoms with Crippen LogP contribution in [0.3, 0.4) is 0 Å². The molecule has 0 fully saturated rings. The molecule has 0 saturated carbocycles. The fourth-order valence-electron chi connectivity index (χ4n) is 2.05. The molecule has 0 saturated heterocycles. The van der Waals surface area contributed by atoms with Gasteiger partial charge in [0.1, 0.15) is 0 Å². The van der Waals surface area contributed by atoms with Crippen molar-refractivity contribution in [1.82, 2.24) is 0 Å². The highest BCUT2D eigenvalue weighted by molar-refractivity contribution is 5.59. The summed E-state index contributed by atoms with van der Waals surface area (Å²) in [6.45, 7) is 0.0684. The van der Waals surface area contributed by atoms with Gasteiger partial charge in [0.25, 0.3) is 0 Å². The number of hydrogen-bond acceptors (Lipinski definition) is 2. The molecule has 1 atom stereocenters. The Labute approximate surface area is 90.4 Å². The van der Waals surface area contributed by atoms with Gasteiger partial charge in [-0.05, 0) is 30.4 Å². The van der Waals surface area contributed by atoms with E-state index in [-0.39, 0.29) is 12.6 Å². The van der Waals surface area contributed by atoms with Crippen LogP contribution >= 0.6 is 0 Å². The Bertz CT molecular complexity index is 371. The van der Waals surface area contributed by atoms with Gasteiger partial charge in [-0.1, -0.05) is 35.9 Å². The molecule has 2 nitrogen and oxygen atoms in total. The Balaban J connectivity index is 2.15. The van der Waals surface area contributed by atoms with Crippen LogP contribution in [0.25, 0.3) is 6.08 Å². The second-order valence-corrected chi connectivity index (χ2v) is 4.15. The number of aliphatic hydroxyl groups excluding tert-OH is 1. The molecule has 0 spiro atoms. The lowest BCUT2D eigenvalue weighted by Crippen LogP contribution is -2.25. The van der Waals surface area contributed by atoms with Crippen LogP contribution in [0.4, 0.5) is 0 Å². The fourth-order valence-corrected chi connectivity index (χ4v) is 2.05. The van der Waals surface area contributed by atoms with Crippen LogP contribution in [-0.4, -0.2) is 17.8 Å². The van der Waals surface area contributed by atoms with Crippen molar-refractivity contribution in [3.05, 3.63) is 41.0 Å². The Kier molecular flexibility index (Phi) is 3.19. The van der Waals surface area contributed by atoms with E-state index in [1.54, 1.807) is 0 Å². The molecule has 0 aliphatic heterocycles. The molecule has 0 amide bonds. The fraction of sp³-hybridized carbons (Fsp3) is 0.385. The number of aryl methyl sites for hydroxylation is 1. The normalized spacial score (nSPS) is 16.8. The minimum Gasteiger partial charge on any atom is -0.395 e. The maximum atomic E-state index is 8.91. The van der Waals surface area contributed by atoms with Gasteiger partial charge < -0.3 is 10.8 Å². The van der Waals surface area contributed by atoms with E-state index in [4.69, 9.17) is 10.8 Å². The summed E-state index contributed by atoms with van der Waals surface area (Å²) in [5.41, 5.74) is 9.81. The Morgan fingerprint density at radius 1 is 1.27 bits per heavy atom. The van der Waals surface area contributed by atoms with Crippen molar-refractivity contribution in [2.24, 2.45) is 5.73 Å². The van der Waals surface area contributed by atoms with E-state index in [1.165, 1.54) is 16.7 Å². The Morgan fingerprint density at radius 2 is 2.07 bits per heavy atom. The maximum Gasteiger partial charge on any atom is 0.0585 e. The van der Waals surface area contributed by atoms with Gasteiger partial charge in [-0.15, -0.1) is 0 Å². The molecule has 2 heteroatoms. The summed E-state index contributed by atoms with van der Waals surface area (Å²) < 4.78 is 0. The molecule has 0 aromatic heterocycles. The summed E-state index contributed by atoms with van der Waals surface area (Å²) >= 11 is 0. The minimum atomic E-state index is -0.110. The predicted molar refractivity (Wildman–Crippen MR) is 62.4 cm³/mol. The third-order valence-corrected chi connectivity index (χ3v) is 2.89. The summed E-state index contributed by atoms with van der Waals surface area (Å²) in [7, 11) is 0. The zero-order chi connectivity index (χ0) is 10.7. The van der Waals surface area contributed by atoms with E-state index in [2.05, 4.69) is 30.3 Å². The third-order valence-electron chi connectivity index (χ3n) is 2.89. The number of rotatable bonds is 3. The summed E-state index contributed by atoms with van der Waals surface area (Å²) in [6, 6.07) is 8.34. The predicted octanol–water partition coefficient (Wildman–Crippen LogP) is 1.73. The Morgan fingerprint density at radius 3 is 2.87 bits per heavy atom. The quantitative estimate of drug-likeness (QED) is 0.785. The van der Waals surface area contributed by atoms with E-state index < -0.39 is 0 Å². The van der Waals surface area contributed by atoms with Gasteiger partial charge in [-0.3, -0.25) is 0 Å². The molecule has 80 valence electrons. The van der Waals surface area contributed by atoms with Crippen LogP contribution in [-0.2, 0) is 6.42 Å². The summed E-state index contributed by atoms with van der Waals surface area (Å²) in [5.74, 6) is 0. The average Bonchev–Trinajstić information content (AvgIpc) is 2.29. The zero-order valence-electron chi connectivity index (χ0n) is 8.82. The van der Waals surface area contributed by atoms with Gasteiger partial charge in [-0.2, -0.15) is 0 Å². The third kappa shape index (κ3) is 2.46. The van der Waals surface area contributed by atoms with E-state index in [0.717, 1.165) is 19.3 Å². The van der Waals surface area contributed by atoms with Crippen LogP contribution in [0.1, 0.15) is 24.0 Å². The van der Waals surface area contributed by atoms with Crippen molar-refractivity contribution in [3.63, 3.8) is 0 Å². The highest BCUT2D eigenvalue weighted by atomic mass is 16.3. The lowest BCUT2D eigenvalue weighted by molar-refractivity contribution is 0.264. The van der Waals surface area contributed by atoms with Crippen molar-refractivity contribution in [3.8, 4) is 0 Å². The van der Waals surface area contributed by atoms with Crippen LogP contribution in [0, 0.1) is 0 Å². The molecule has 1 aromatic rings. The molecule has 1 unspecified atom stereocenters. The van der Waals surface area contributed by atoms with Gasteiger partial charge in [-0.25, -0.2) is 0 Å². The maximum absolute atomic E-state index is 8.91.